The van der Waals surface area contributed by atoms with Crippen molar-refractivity contribution in [1.82, 2.24) is 4.90 Å². The van der Waals surface area contributed by atoms with Crippen LogP contribution in [0.25, 0.3) is 0 Å². The third kappa shape index (κ3) is 3.08. The van der Waals surface area contributed by atoms with E-state index < -0.39 is 6.09 Å². The van der Waals surface area contributed by atoms with Crippen LogP contribution in [-0.4, -0.2) is 47.1 Å². The van der Waals surface area contributed by atoms with Gasteiger partial charge in [-0.2, -0.15) is 12.6 Å². The van der Waals surface area contributed by atoms with Crippen molar-refractivity contribution in [2.75, 3.05) is 19.7 Å². The van der Waals surface area contributed by atoms with Gasteiger partial charge < -0.3 is 14.7 Å². The maximum absolute atomic E-state index is 10.7. The maximum atomic E-state index is 10.7. The highest BCUT2D eigenvalue weighted by Crippen LogP contribution is 2.18. The Labute approximate surface area is 83.3 Å². The minimum absolute atomic E-state index is 0.0264. The number of rotatable bonds is 3. The van der Waals surface area contributed by atoms with Gasteiger partial charge in [0.15, 0.2) is 0 Å². The zero-order chi connectivity index (χ0) is 9.84. The molecule has 0 bridgehead atoms. The summed E-state index contributed by atoms with van der Waals surface area (Å²) < 4.78 is 5.37. The van der Waals surface area contributed by atoms with Gasteiger partial charge in [-0.25, -0.2) is 4.79 Å². The van der Waals surface area contributed by atoms with Crippen molar-refractivity contribution < 1.29 is 14.6 Å². The Bertz CT molecular complexity index is 188. The summed E-state index contributed by atoms with van der Waals surface area (Å²) in [6.07, 6.45) is -0.0142. The highest BCUT2D eigenvalue weighted by Gasteiger charge is 2.25. The molecule has 1 saturated heterocycles. The summed E-state index contributed by atoms with van der Waals surface area (Å²) in [5.74, 6) is 0. The smallest absolute Gasteiger partial charge is 0.407 e. The van der Waals surface area contributed by atoms with Crippen LogP contribution in [0.5, 0.6) is 0 Å². The molecule has 0 unspecified atom stereocenters. The predicted molar refractivity (Wildman–Crippen MR) is 52.4 cm³/mol. The largest absolute Gasteiger partial charge is 0.465 e. The number of ether oxygens (including phenoxy) is 1. The summed E-state index contributed by atoms with van der Waals surface area (Å²) in [5.41, 5.74) is 0. The first-order valence-electron chi connectivity index (χ1n) is 4.41. The monoisotopic (exact) mass is 205 g/mol. The molecule has 0 aromatic carbocycles. The first kappa shape index (κ1) is 10.7. The summed E-state index contributed by atoms with van der Waals surface area (Å²) >= 11 is 4.26. The van der Waals surface area contributed by atoms with E-state index in [0.29, 0.717) is 19.7 Å². The lowest BCUT2D eigenvalue weighted by molar-refractivity contribution is 0.0713. The lowest BCUT2D eigenvalue weighted by Crippen LogP contribution is -2.36. The van der Waals surface area contributed by atoms with E-state index >= 15 is 0 Å². The van der Waals surface area contributed by atoms with Crippen LogP contribution in [0.4, 0.5) is 4.79 Å². The van der Waals surface area contributed by atoms with E-state index in [4.69, 9.17) is 9.84 Å². The molecule has 0 aliphatic carbocycles. The Morgan fingerprint density at radius 2 is 2.46 bits per heavy atom. The highest BCUT2D eigenvalue weighted by molar-refractivity contribution is 7.81. The normalized spacial score (nSPS) is 27.5. The molecular formula is C8H15NO3S. The molecule has 76 valence electrons. The van der Waals surface area contributed by atoms with Gasteiger partial charge in [0.2, 0.25) is 0 Å². The van der Waals surface area contributed by atoms with Crippen molar-refractivity contribution in [2.24, 2.45) is 0 Å². The van der Waals surface area contributed by atoms with Crippen LogP contribution in [0.1, 0.15) is 13.3 Å². The summed E-state index contributed by atoms with van der Waals surface area (Å²) in [6, 6.07) is 0. The molecule has 0 aromatic heterocycles. The van der Waals surface area contributed by atoms with E-state index in [1.807, 2.05) is 6.92 Å². The van der Waals surface area contributed by atoms with Gasteiger partial charge in [-0.05, 0) is 13.3 Å². The highest BCUT2D eigenvalue weighted by atomic mass is 32.1. The molecule has 1 fully saturated rings. The molecule has 1 amide bonds. The van der Waals surface area contributed by atoms with Crippen LogP contribution in [0.2, 0.25) is 0 Å². The molecular weight excluding hydrogens is 190 g/mol. The summed E-state index contributed by atoms with van der Waals surface area (Å²) in [5, 5.41) is 9.01. The van der Waals surface area contributed by atoms with E-state index in [2.05, 4.69) is 12.6 Å². The lowest BCUT2D eigenvalue weighted by atomic mass is 10.2. The molecule has 0 radical (unpaired) electrons. The number of carboxylic acid groups (broad SMARTS) is 1. The van der Waals surface area contributed by atoms with Gasteiger partial charge in [0.05, 0.1) is 19.3 Å². The quantitative estimate of drug-likeness (QED) is 0.678. The summed E-state index contributed by atoms with van der Waals surface area (Å²) in [6.45, 7) is 3.42. The fourth-order valence-electron chi connectivity index (χ4n) is 1.40. The molecule has 4 nitrogen and oxygen atoms in total. The third-order valence-corrected chi connectivity index (χ3v) is 2.50. The third-order valence-electron chi connectivity index (χ3n) is 2.14. The molecule has 13 heavy (non-hydrogen) atoms. The Hall–Kier alpha value is -0.420. The predicted octanol–water partition coefficient (Wildman–Crippen LogP) is 1.07. The number of likely N-dealkylation sites (N-methyl/N-ethyl adjacent to an activating group) is 1. The Kier molecular flexibility index (Phi) is 3.87. The van der Waals surface area contributed by atoms with E-state index in [9.17, 15) is 4.79 Å². The van der Waals surface area contributed by atoms with Crippen molar-refractivity contribution in [3.05, 3.63) is 0 Å². The second-order valence-corrected chi connectivity index (χ2v) is 3.90. The van der Waals surface area contributed by atoms with E-state index in [-0.39, 0.29) is 11.4 Å². The molecule has 1 aliphatic heterocycles. The second kappa shape index (κ2) is 4.72. The zero-order valence-electron chi connectivity index (χ0n) is 7.64. The fourth-order valence-corrected chi connectivity index (χ4v) is 1.72. The number of amides is 1. The van der Waals surface area contributed by atoms with Crippen LogP contribution >= 0.6 is 12.6 Å². The van der Waals surface area contributed by atoms with Crippen LogP contribution in [-0.2, 0) is 4.74 Å². The zero-order valence-corrected chi connectivity index (χ0v) is 8.54. The molecule has 0 saturated carbocycles. The van der Waals surface area contributed by atoms with Crippen molar-refractivity contribution >= 4 is 18.7 Å². The topological polar surface area (TPSA) is 49.8 Å². The molecule has 0 aromatic rings. The summed E-state index contributed by atoms with van der Waals surface area (Å²) in [4.78, 5) is 12.0. The first-order valence-corrected chi connectivity index (χ1v) is 4.92. The van der Waals surface area contributed by atoms with Gasteiger partial charge in [-0.15, -0.1) is 0 Å². The second-order valence-electron chi connectivity index (χ2n) is 3.17. The van der Waals surface area contributed by atoms with Crippen molar-refractivity contribution in [3.63, 3.8) is 0 Å². The fraction of sp³-hybridized carbons (Fsp3) is 0.875. The minimum atomic E-state index is -0.881. The van der Waals surface area contributed by atoms with Crippen LogP contribution in [0, 0.1) is 0 Å². The number of hydrogen-bond acceptors (Lipinski definition) is 3. The Morgan fingerprint density at radius 3 is 2.85 bits per heavy atom. The SMILES string of the molecule is CCN(C[C@H]1C[C@H](S)CO1)C(=O)O. The van der Waals surface area contributed by atoms with Crippen molar-refractivity contribution in [1.29, 1.82) is 0 Å². The van der Waals surface area contributed by atoms with Gasteiger partial charge in [0.1, 0.15) is 0 Å². The average Bonchev–Trinajstić information content (AvgIpc) is 2.46. The lowest BCUT2D eigenvalue weighted by Gasteiger charge is -2.20. The molecule has 1 aliphatic rings. The number of hydrogen-bond donors (Lipinski definition) is 2. The Balaban J connectivity index is 2.34. The van der Waals surface area contributed by atoms with Gasteiger partial charge in [-0.3, -0.25) is 0 Å². The van der Waals surface area contributed by atoms with Gasteiger partial charge in [0, 0.05) is 11.8 Å². The number of carbonyl (C=O) groups is 1. The molecule has 5 heteroatoms. The van der Waals surface area contributed by atoms with Crippen molar-refractivity contribution in [3.8, 4) is 0 Å². The van der Waals surface area contributed by atoms with Crippen LogP contribution in [0.3, 0.4) is 0 Å². The Morgan fingerprint density at radius 1 is 1.77 bits per heavy atom. The number of nitrogens with zero attached hydrogens (tertiary/aromatic N) is 1. The standard InChI is InChI=1S/C8H15NO3S/c1-2-9(8(10)11)4-6-3-7(13)5-12-6/h6-7,13H,2-5H2,1H3,(H,10,11)/t6-,7+/m1/s1. The van der Waals surface area contributed by atoms with E-state index in [1.54, 1.807) is 0 Å². The van der Waals surface area contributed by atoms with Gasteiger partial charge in [0.25, 0.3) is 0 Å². The summed E-state index contributed by atoms with van der Waals surface area (Å²) in [7, 11) is 0. The minimum Gasteiger partial charge on any atom is -0.465 e. The molecule has 1 rings (SSSR count). The van der Waals surface area contributed by atoms with E-state index in [0.717, 1.165) is 6.42 Å². The number of thiol groups is 1. The molecule has 0 spiro atoms. The maximum Gasteiger partial charge on any atom is 0.407 e. The van der Waals surface area contributed by atoms with Gasteiger partial charge in [-0.1, -0.05) is 0 Å². The van der Waals surface area contributed by atoms with Crippen molar-refractivity contribution in [2.45, 2.75) is 24.7 Å². The average molecular weight is 205 g/mol. The molecule has 2 atom stereocenters. The van der Waals surface area contributed by atoms with E-state index in [1.165, 1.54) is 4.90 Å². The van der Waals surface area contributed by atoms with Gasteiger partial charge >= 0.3 is 6.09 Å². The van der Waals surface area contributed by atoms with Crippen LogP contribution in [0.15, 0.2) is 0 Å². The molecule has 1 N–H and O–H groups in total. The molecule has 1 heterocycles. The first-order chi connectivity index (χ1) is 6.13. The van der Waals surface area contributed by atoms with Crippen LogP contribution < -0.4 is 0 Å².